The van der Waals surface area contributed by atoms with E-state index in [2.05, 4.69) is 10.3 Å². The summed E-state index contributed by atoms with van der Waals surface area (Å²) >= 11 is 0. The van der Waals surface area contributed by atoms with Crippen molar-refractivity contribution in [2.75, 3.05) is 19.5 Å². The van der Waals surface area contributed by atoms with Crippen LogP contribution < -0.4 is 20.3 Å². The zero-order valence-corrected chi connectivity index (χ0v) is 15.0. The number of aryl methyl sites for hydroxylation is 2. The molecule has 0 saturated carbocycles. The minimum Gasteiger partial charge on any atom is -0.497 e. The summed E-state index contributed by atoms with van der Waals surface area (Å²) in [4.78, 5) is 29.9. The van der Waals surface area contributed by atoms with Gasteiger partial charge in [-0.3, -0.25) is 14.0 Å². The molecule has 0 aliphatic rings. The number of ether oxygens (including phenoxy) is 2. The predicted molar refractivity (Wildman–Crippen MR) is 98.4 cm³/mol. The predicted octanol–water partition coefficient (Wildman–Crippen LogP) is 2.58. The molecule has 7 nitrogen and oxygen atoms in total. The van der Waals surface area contributed by atoms with Crippen LogP contribution in [-0.2, 0) is 0 Å². The van der Waals surface area contributed by atoms with Gasteiger partial charge in [-0.1, -0.05) is 6.07 Å². The normalized spacial score (nSPS) is 10.6. The first-order valence-corrected chi connectivity index (χ1v) is 7.97. The number of hydrogen-bond acceptors (Lipinski definition) is 5. The Morgan fingerprint density at radius 1 is 1.12 bits per heavy atom. The number of fused-ring (bicyclic) bond motifs is 1. The smallest absolute Gasteiger partial charge is 0.281 e. The molecule has 0 spiro atoms. The van der Waals surface area contributed by atoms with Crippen LogP contribution in [0.2, 0.25) is 0 Å². The number of nitrogens with one attached hydrogen (secondary N) is 1. The maximum absolute atomic E-state index is 12.8. The summed E-state index contributed by atoms with van der Waals surface area (Å²) in [5, 5.41) is 2.66. The maximum Gasteiger partial charge on any atom is 0.281 e. The second-order valence-electron chi connectivity index (χ2n) is 5.83. The molecule has 0 bridgehead atoms. The third kappa shape index (κ3) is 3.11. The lowest BCUT2D eigenvalue weighted by atomic mass is 10.1. The number of anilines is 1. The van der Waals surface area contributed by atoms with E-state index >= 15 is 0 Å². The van der Waals surface area contributed by atoms with Gasteiger partial charge in [-0.25, -0.2) is 4.98 Å². The van der Waals surface area contributed by atoms with Crippen molar-refractivity contribution in [2.24, 2.45) is 0 Å². The topological polar surface area (TPSA) is 81.9 Å². The van der Waals surface area contributed by atoms with Gasteiger partial charge in [0.2, 0.25) is 0 Å². The van der Waals surface area contributed by atoms with Gasteiger partial charge in [-0.15, -0.1) is 0 Å². The van der Waals surface area contributed by atoms with Crippen LogP contribution in [0, 0.1) is 13.8 Å². The first kappa shape index (κ1) is 17.5. The molecule has 1 N–H and O–H groups in total. The van der Waals surface area contributed by atoms with E-state index in [1.165, 1.54) is 18.6 Å². The van der Waals surface area contributed by atoms with Crippen LogP contribution in [0.5, 0.6) is 11.5 Å². The fourth-order valence-electron chi connectivity index (χ4n) is 2.67. The standard InChI is InChI=1S/C19H19N3O4/c1-11-5-8-16-20-12(2)17(19(24)22(16)10-11)21-18(23)14-7-6-13(25-3)9-15(14)26-4/h5-10H,1-4H3,(H,21,23). The van der Waals surface area contributed by atoms with E-state index in [-0.39, 0.29) is 11.2 Å². The van der Waals surface area contributed by atoms with E-state index in [0.717, 1.165) is 5.56 Å². The molecule has 0 unspecified atom stereocenters. The molecule has 2 heterocycles. The number of carbonyl (C=O) groups is 1. The zero-order valence-electron chi connectivity index (χ0n) is 15.0. The quantitative estimate of drug-likeness (QED) is 0.780. The van der Waals surface area contributed by atoms with Crippen molar-refractivity contribution in [3.63, 3.8) is 0 Å². The Kier molecular flexibility index (Phi) is 4.62. The van der Waals surface area contributed by atoms with Gasteiger partial charge in [0, 0.05) is 12.3 Å². The number of methoxy groups -OCH3 is 2. The van der Waals surface area contributed by atoms with Gasteiger partial charge >= 0.3 is 0 Å². The molecule has 0 saturated heterocycles. The number of hydrogen-bond donors (Lipinski definition) is 1. The van der Waals surface area contributed by atoms with Crippen LogP contribution >= 0.6 is 0 Å². The molecule has 2 aromatic heterocycles. The lowest BCUT2D eigenvalue weighted by molar-refractivity contribution is 0.102. The summed E-state index contributed by atoms with van der Waals surface area (Å²) in [5.41, 5.74) is 1.98. The van der Waals surface area contributed by atoms with E-state index in [1.54, 1.807) is 37.4 Å². The van der Waals surface area contributed by atoms with Crippen molar-refractivity contribution in [1.29, 1.82) is 0 Å². The number of amides is 1. The van der Waals surface area contributed by atoms with Gasteiger partial charge in [0.05, 0.1) is 25.5 Å². The third-order valence-corrected chi connectivity index (χ3v) is 4.04. The fourth-order valence-corrected chi connectivity index (χ4v) is 2.67. The summed E-state index contributed by atoms with van der Waals surface area (Å²) in [6.07, 6.45) is 1.69. The molecule has 26 heavy (non-hydrogen) atoms. The van der Waals surface area contributed by atoms with Crippen molar-refractivity contribution < 1.29 is 14.3 Å². The second-order valence-corrected chi connectivity index (χ2v) is 5.83. The van der Waals surface area contributed by atoms with Crippen molar-refractivity contribution in [3.05, 3.63) is 63.7 Å². The molecule has 3 rings (SSSR count). The van der Waals surface area contributed by atoms with Crippen LogP contribution in [-0.4, -0.2) is 29.5 Å². The molecular weight excluding hydrogens is 334 g/mol. The van der Waals surface area contributed by atoms with Crippen molar-refractivity contribution in [1.82, 2.24) is 9.38 Å². The van der Waals surface area contributed by atoms with E-state index in [0.29, 0.717) is 28.4 Å². The summed E-state index contributed by atoms with van der Waals surface area (Å²) < 4.78 is 11.8. The average Bonchev–Trinajstić information content (AvgIpc) is 2.65. The Hall–Kier alpha value is -3.35. The Balaban J connectivity index is 2.04. The van der Waals surface area contributed by atoms with Gasteiger partial charge in [-0.2, -0.15) is 0 Å². The van der Waals surface area contributed by atoms with Gasteiger partial charge in [0.1, 0.15) is 22.8 Å². The highest BCUT2D eigenvalue weighted by atomic mass is 16.5. The largest absolute Gasteiger partial charge is 0.497 e. The Morgan fingerprint density at radius 3 is 2.58 bits per heavy atom. The molecule has 1 aromatic carbocycles. The summed E-state index contributed by atoms with van der Waals surface area (Å²) in [6.45, 7) is 3.56. The lowest BCUT2D eigenvalue weighted by Crippen LogP contribution is -2.25. The van der Waals surface area contributed by atoms with Crippen LogP contribution in [0.15, 0.2) is 41.3 Å². The second kappa shape index (κ2) is 6.87. The van der Waals surface area contributed by atoms with Crippen molar-refractivity contribution in [2.45, 2.75) is 13.8 Å². The Bertz CT molecular complexity index is 1060. The Morgan fingerprint density at radius 2 is 1.88 bits per heavy atom. The minimum atomic E-state index is -0.459. The number of carbonyl (C=O) groups excluding carboxylic acids is 1. The molecular formula is C19H19N3O4. The molecule has 0 aliphatic carbocycles. The zero-order chi connectivity index (χ0) is 18.8. The molecule has 0 aliphatic heterocycles. The molecule has 7 heteroatoms. The van der Waals surface area contributed by atoms with E-state index < -0.39 is 5.91 Å². The number of nitrogens with zero attached hydrogens (tertiary/aromatic N) is 2. The number of benzene rings is 1. The SMILES string of the molecule is COc1ccc(C(=O)Nc2c(C)nc3ccc(C)cn3c2=O)c(OC)c1. The molecule has 0 fully saturated rings. The highest BCUT2D eigenvalue weighted by Crippen LogP contribution is 2.25. The van der Waals surface area contributed by atoms with Gasteiger partial charge < -0.3 is 14.8 Å². The molecule has 3 aromatic rings. The van der Waals surface area contributed by atoms with Crippen molar-refractivity contribution in [3.8, 4) is 11.5 Å². The molecule has 0 atom stereocenters. The highest BCUT2D eigenvalue weighted by molar-refractivity contribution is 6.06. The summed E-state index contributed by atoms with van der Waals surface area (Å²) in [7, 11) is 2.99. The van der Waals surface area contributed by atoms with Gasteiger partial charge in [0.25, 0.3) is 11.5 Å². The first-order chi connectivity index (χ1) is 12.4. The third-order valence-electron chi connectivity index (χ3n) is 4.04. The van der Waals surface area contributed by atoms with Gasteiger partial charge in [-0.05, 0) is 37.6 Å². The number of rotatable bonds is 4. The van der Waals surface area contributed by atoms with Crippen LogP contribution in [0.4, 0.5) is 5.69 Å². The maximum atomic E-state index is 12.8. The lowest BCUT2D eigenvalue weighted by Gasteiger charge is -2.12. The van der Waals surface area contributed by atoms with E-state index in [4.69, 9.17) is 9.47 Å². The number of aromatic nitrogens is 2. The fraction of sp³-hybridized carbons (Fsp3) is 0.211. The molecule has 0 radical (unpaired) electrons. The van der Waals surface area contributed by atoms with Crippen molar-refractivity contribution >= 4 is 17.2 Å². The molecule has 134 valence electrons. The average molecular weight is 353 g/mol. The summed E-state index contributed by atoms with van der Waals surface area (Å²) in [5.74, 6) is 0.459. The Labute approximate surface area is 150 Å². The van der Waals surface area contributed by atoms with Crippen LogP contribution in [0.25, 0.3) is 5.65 Å². The summed E-state index contributed by atoms with van der Waals surface area (Å²) in [6, 6.07) is 8.48. The van der Waals surface area contributed by atoms with Crippen LogP contribution in [0.1, 0.15) is 21.6 Å². The minimum absolute atomic E-state index is 0.135. The monoisotopic (exact) mass is 353 g/mol. The van der Waals surface area contributed by atoms with Crippen LogP contribution in [0.3, 0.4) is 0 Å². The highest BCUT2D eigenvalue weighted by Gasteiger charge is 2.17. The van der Waals surface area contributed by atoms with E-state index in [1.807, 2.05) is 13.0 Å². The number of pyridine rings is 1. The first-order valence-electron chi connectivity index (χ1n) is 7.97. The van der Waals surface area contributed by atoms with Gasteiger partial charge in [0.15, 0.2) is 0 Å². The van der Waals surface area contributed by atoms with E-state index in [9.17, 15) is 9.59 Å². The molecule has 1 amide bonds.